The van der Waals surface area contributed by atoms with Crippen molar-refractivity contribution in [3.63, 3.8) is 0 Å². The minimum absolute atomic E-state index is 0.0286. The topological polar surface area (TPSA) is 72.4 Å². The van der Waals surface area contributed by atoms with E-state index in [4.69, 9.17) is 8.83 Å². The van der Waals surface area contributed by atoms with Crippen molar-refractivity contribution in [1.29, 1.82) is 0 Å². The lowest BCUT2D eigenvalue weighted by atomic mass is 10.1. The van der Waals surface area contributed by atoms with Crippen LogP contribution in [-0.2, 0) is 0 Å². The van der Waals surface area contributed by atoms with E-state index in [2.05, 4.69) is 10.2 Å². The fraction of sp³-hybridized carbons (Fsp3) is 0.500. The maximum absolute atomic E-state index is 13.8. The highest BCUT2D eigenvalue weighted by Crippen LogP contribution is 2.41. The number of aryl methyl sites for hydroxylation is 3. The van der Waals surface area contributed by atoms with Gasteiger partial charge < -0.3 is 13.7 Å². The molecule has 0 saturated carbocycles. The van der Waals surface area contributed by atoms with Crippen LogP contribution in [0.5, 0.6) is 0 Å². The second kappa shape index (κ2) is 4.89. The van der Waals surface area contributed by atoms with Crippen molar-refractivity contribution in [2.24, 2.45) is 0 Å². The van der Waals surface area contributed by atoms with Gasteiger partial charge in [0, 0.05) is 13.3 Å². The lowest BCUT2D eigenvalue weighted by Gasteiger charge is -2.20. The van der Waals surface area contributed by atoms with Crippen molar-refractivity contribution in [3.05, 3.63) is 34.9 Å². The molecule has 1 atom stereocenters. The van der Waals surface area contributed by atoms with Crippen molar-refractivity contribution < 1.29 is 22.4 Å². The summed E-state index contributed by atoms with van der Waals surface area (Å²) in [5.41, 5.74) is 0.274. The Labute approximate surface area is 125 Å². The first-order chi connectivity index (χ1) is 10.3. The highest BCUT2D eigenvalue weighted by Gasteiger charge is 2.50. The van der Waals surface area contributed by atoms with Crippen LogP contribution in [0.15, 0.2) is 14.9 Å². The number of amides is 1. The molecular formula is C14H15F2N3O3. The van der Waals surface area contributed by atoms with Crippen molar-refractivity contribution in [2.75, 3.05) is 6.54 Å². The van der Waals surface area contributed by atoms with Gasteiger partial charge in [0.15, 0.2) is 0 Å². The molecule has 1 saturated heterocycles. The molecular weight excluding hydrogens is 296 g/mol. The van der Waals surface area contributed by atoms with Crippen LogP contribution in [0.3, 0.4) is 0 Å². The van der Waals surface area contributed by atoms with E-state index < -0.39 is 30.8 Å². The van der Waals surface area contributed by atoms with Gasteiger partial charge in [-0.1, -0.05) is 0 Å². The summed E-state index contributed by atoms with van der Waals surface area (Å²) in [6.07, 6.45) is -0.531. The van der Waals surface area contributed by atoms with Crippen LogP contribution >= 0.6 is 0 Å². The van der Waals surface area contributed by atoms with Crippen LogP contribution in [0.25, 0.3) is 0 Å². The third-order valence-electron chi connectivity index (χ3n) is 3.63. The van der Waals surface area contributed by atoms with Gasteiger partial charge in [-0.3, -0.25) is 4.79 Å². The van der Waals surface area contributed by atoms with Crippen molar-refractivity contribution >= 4 is 5.91 Å². The molecule has 1 amide bonds. The fourth-order valence-corrected chi connectivity index (χ4v) is 2.70. The third-order valence-corrected chi connectivity index (χ3v) is 3.63. The van der Waals surface area contributed by atoms with Crippen LogP contribution in [0.4, 0.5) is 8.78 Å². The lowest BCUT2D eigenvalue weighted by molar-refractivity contribution is 0.0116. The van der Waals surface area contributed by atoms with Gasteiger partial charge in [-0.05, 0) is 19.9 Å². The van der Waals surface area contributed by atoms with Crippen LogP contribution in [0.2, 0.25) is 0 Å². The Kier molecular flexibility index (Phi) is 3.26. The van der Waals surface area contributed by atoms with Crippen molar-refractivity contribution in [1.82, 2.24) is 15.1 Å². The molecule has 0 aromatic carbocycles. The van der Waals surface area contributed by atoms with E-state index in [0.29, 0.717) is 11.5 Å². The SMILES string of the molecule is Cc1cc(C(=O)N2CC(F)(F)C[C@H]2c2nnc(C)o2)c(C)o1. The number of rotatable bonds is 2. The second-order valence-electron chi connectivity index (χ2n) is 5.50. The predicted octanol–water partition coefficient (Wildman–Crippen LogP) is 2.81. The normalized spacial score (nSPS) is 20.6. The zero-order chi connectivity index (χ0) is 16.1. The molecule has 6 nitrogen and oxygen atoms in total. The van der Waals surface area contributed by atoms with Gasteiger partial charge in [-0.25, -0.2) is 8.78 Å². The molecule has 2 aromatic heterocycles. The minimum Gasteiger partial charge on any atom is -0.466 e. The Morgan fingerprint density at radius 3 is 2.59 bits per heavy atom. The molecule has 0 aliphatic carbocycles. The molecule has 0 radical (unpaired) electrons. The summed E-state index contributed by atoms with van der Waals surface area (Å²) in [6, 6.07) is 0.614. The zero-order valence-electron chi connectivity index (χ0n) is 12.4. The molecule has 3 heterocycles. The first-order valence-electron chi connectivity index (χ1n) is 6.83. The first kappa shape index (κ1) is 14.7. The van der Waals surface area contributed by atoms with E-state index in [0.717, 1.165) is 4.90 Å². The molecule has 8 heteroatoms. The predicted molar refractivity (Wildman–Crippen MR) is 70.6 cm³/mol. The Morgan fingerprint density at radius 2 is 2.05 bits per heavy atom. The Balaban J connectivity index is 1.96. The standard InChI is InChI=1S/C14H15F2N3O3/c1-7-4-10(8(2)21-7)13(20)19-6-14(15,16)5-11(19)12-18-17-9(3)22-12/h4,11H,5-6H2,1-3H3/t11-/m0/s1. The summed E-state index contributed by atoms with van der Waals surface area (Å²) in [5, 5.41) is 7.43. The van der Waals surface area contributed by atoms with E-state index in [1.807, 2.05) is 0 Å². The van der Waals surface area contributed by atoms with Crippen LogP contribution < -0.4 is 0 Å². The van der Waals surface area contributed by atoms with Gasteiger partial charge in [-0.15, -0.1) is 10.2 Å². The summed E-state index contributed by atoms with van der Waals surface area (Å²) < 4.78 is 38.2. The van der Waals surface area contributed by atoms with Gasteiger partial charge in [0.05, 0.1) is 12.1 Å². The summed E-state index contributed by atoms with van der Waals surface area (Å²) in [5.74, 6) is -2.26. The number of hydrogen-bond donors (Lipinski definition) is 0. The molecule has 0 N–H and O–H groups in total. The first-order valence-corrected chi connectivity index (χ1v) is 6.83. The van der Waals surface area contributed by atoms with E-state index in [9.17, 15) is 13.6 Å². The molecule has 1 fully saturated rings. The Bertz CT molecular complexity index is 723. The molecule has 22 heavy (non-hydrogen) atoms. The average Bonchev–Trinajstić information content (AvgIpc) is 3.06. The smallest absolute Gasteiger partial charge is 0.267 e. The number of alkyl halides is 2. The summed E-state index contributed by atoms with van der Waals surface area (Å²) in [6.45, 7) is 4.21. The molecule has 1 aliphatic rings. The minimum atomic E-state index is -2.99. The number of aromatic nitrogens is 2. The van der Waals surface area contributed by atoms with Gasteiger partial charge in [0.25, 0.3) is 11.8 Å². The molecule has 118 valence electrons. The van der Waals surface area contributed by atoms with Gasteiger partial charge in [0.1, 0.15) is 17.6 Å². The Hall–Kier alpha value is -2.25. The van der Waals surface area contributed by atoms with Crippen molar-refractivity contribution in [2.45, 2.75) is 39.2 Å². The monoisotopic (exact) mass is 311 g/mol. The number of nitrogens with zero attached hydrogens (tertiary/aromatic N) is 3. The summed E-state index contributed by atoms with van der Waals surface area (Å²) >= 11 is 0. The zero-order valence-corrected chi connectivity index (χ0v) is 12.4. The van der Waals surface area contributed by atoms with E-state index in [1.165, 1.54) is 0 Å². The maximum atomic E-state index is 13.8. The van der Waals surface area contributed by atoms with Gasteiger partial charge >= 0.3 is 0 Å². The van der Waals surface area contributed by atoms with Crippen LogP contribution in [-0.4, -0.2) is 33.5 Å². The second-order valence-corrected chi connectivity index (χ2v) is 5.50. The molecule has 3 rings (SSSR count). The number of hydrogen-bond acceptors (Lipinski definition) is 5. The summed E-state index contributed by atoms with van der Waals surface area (Å²) in [7, 11) is 0. The van der Waals surface area contributed by atoms with Crippen LogP contribution in [0, 0.1) is 20.8 Å². The number of halogens is 2. The van der Waals surface area contributed by atoms with Gasteiger partial charge in [-0.2, -0.15) is 0 Å². The maximum Gasteiger partial charge on any atom is 0.267 e. The fourth-order valence-electron chi connectivity index (χ4n) is 2.70. The quantitative estimate of drug-likeness (QED) is 0.852. The van der Waals surface area contributed by atoms with E-state index in [1.54, 1.807) is 26.8 Å². The number of furan rings is 1. The third kappa shape index (κ3) is 2.49. The molecule has 2 aromatic rings. The average molecular weight is 311 g/mol. The molecule has 1 aliphatic heterocycles. The van der Waals surface area contributed by atoms with Crippen LogP contribution in [0.1, 0.15) is 46.1 Å². The van der Waals surface area contributed by atoms with E-state index in [-0.39, 0.29) is 17.3 Å². The molecule has 0 unspecified atom stereocenters. The Morgan fingerprint density at radius 1 is 1.32 bits per heavy atom. The number of carbonyl (C=O) groups is 1. The number of likely N-dealkylation sites (tertiary alicyclic amines) is 1. The number of carbonyl (C=O) groups excluding carboxylic acids is 1. The molecule has 0 bridgehead atoms. The lowest BCUT2D eigenvalue weighted by Crippen LogP contribution is -2.33. The van der Waals surface area contributed by atoms with Gasteiger partial charge in [0.2, 0.25) is 11.8 Å². The highest BCUT2D eigenvalue weighted by molar-refractivity contribution is 5.95. The largest absolute Gasteiger partial charge is 0.466 e. The summed E-state index contributed by atoms with van der Waals surface area (Å²) in [4.78, 5) is 13.7. The molecule has 0 spiro atoms. The van der Waals surface area contributed by atoms with Crippen molar-refractivity contribution in [3.8, 4) is 0 Å². The highest BCUT2D eigenvalue weighted by atomic mass is 19.3. The van der Waals surface area contributed by atoms with E-state index >= 15 is 0 Å².